The highest BCUT2D eigenvalue weighted by Crippen LogP contribution is 2.43. The third-order valence-electron chi connectivity index (χ3n) is 6.29. The van der Waals surface area contributed by atoms with E-state index in [4.69, 9.17) is 4.74 Å². The lowest BCUT2D eigenvalue weighted by Crippen LogP contribution is -2.37. The highest BCUT2D eigenvalue weighted by Gasteiger charge is 2.49. The van der Waals surface area contributed by atoms with E-state index in [1.54, 1.807) is 42.5 Å². The molecule has 2 aromatic rings. The fourth-order valence-corrected chi connectivity index (χ4v) is 4.73. The summed E-state index contributed by atoms with van der Waals surface area (Å²) in [5.41, 5.74) is 2.11. The van der Waals surface area contributed by atoms with E-state index in [9.17, 15) is 14.7 Å². The maximum absolute atomic E-state index is 13.2. The molecule has 1 atom stereocenters. The van der Waals surface area contributed by atoms with Crippen molar-refractivity contribution in [2.24, 2.45) is 0 Å². The van der Waals surface area contributed by atoms with E-state index in [0.717, 1.165) is 37.0 Å². The van der Waals surface area contributed by atoms with E-state index < -0.39 is 17.7 Å². The van der Waals surface area contributed by atoms with Crippen LogP contribution in [0.4, 0.5) is 0 Å². The van der Waals surface area contributed by atoms with Gasteiger partial charge in [0.25, 0.3) is 11.7 Å². The smallest absolute Gasteiger partial charge is 0.295 e. The number of pyridine rings is 1. The van der Waals surface area contributed by atoms with Gasteiger partial charge in [0, 0.05) is 17.8 Å². The van der Waals surface area contributed by atoms with Gasteiger partial charge in [-0.3, -0.25) is 14.6 Å². The number of aliphatic hydroxyl groups is 1. The third kappa shape index (κ3) is 3.71. The van der Waals surface area contributed by atoms with Crippen LogP contribution in [-0.4, -0.2) is 39.8 Å². The van der Waals surface area contributed by atoms with Gasteiger partial charge in [0.15, 0.2) is 0 Å². The monoisotopic (exact) mass is 420 g/mol. The lowest BCUT2D eigenvalue weighted by Gasteiger charge is -2.30. The predicted octanol–water partition coefficient (Wildman–Crippen LogP) is 4.58. The zero-order valence-electron chi connectivity index (χ0n) is 18.2. The van der Waals surface area contributed by atoms with Crippen LogP contribution in [0.5, 0.6) is 5.75 Å². The predicted molar refractivity (Wildman–Crippen MR) is 118 cm³/mol. The number of nitrogens with zero attached hydrogens (tertiary/aromatic N) is 2. The highest BCUT2D eigenvalue weighted by molar-refractivity contribution is 6.46. The fraction of sp³-hybridized carbons (Fsp3) is 0.400. The number of hydrogen-bond donors (Lipinski definition) is 1. The van der Waals surface area contributed by atoms with Crippen LogP contribution in [0.2, 0.25) is 0 Å². The molecular weight excluding hydrogens is 392 g/mol. The van der Waals surface area contributed by atoms with E-state index in [0.29, 0.717) is 11.3 Å². The number of aromatic nitrogens is 1. The maximum atomic E-state index is 13.2. The number of methoxy groups -OCH3 is 1. The Hall–Kier alpha value is -3.15. The zero-order chi connectivity index (χ0) is 22.1. The molecule has 2 heterocycles. The molecule has 0 radical (unpaired) electrons. The number of benzene rings is 1. The molecule has 1 amide bonds. The van der Waals surface area contributed by atoms with Crippen molar-refractivity contribution >= 4 is 17.4 Å². The van der Waals surface area contributed by atoms with Crippen LogP contribution in [0.1, 0.15) is 68.3 Å². The maximum Gasteiger partial charge on any atom is 0.295 e. The first-order chi connectivity index (χ1) is 14.9. The molecule has 1 aromatic heterocycles. The van der Waals surface area contributed by atoms with Crippen molar-refractivity contribution in [3.8, 4) is 5.75 Å². The molecule has 1 aliphatic carbocycles. The molecule has 4 rings (SSSR count). The lowest BCUT2D eigenvalue weighted by molar-refractivity contribution is -0.141. The minimum absolute atomic E-state index is 0.0177. The van der Waals surface area contributed by atoms with Crippen LogP contribution in [0.15, 0.2) is 48.2 Å². The molecule has 31 heavy (non-hydrogen) atoms. The van der Waals surface area contributed by atoms with E-state index in [1.807, 2.05) is 26.0 Å². The lowest BCUT2D eigenvalue weighted by atomic mass is 9.94. The Morgan fingerprint density at radius 1 is 1.16 bits per heavy atom. The summed E-state index contributed by atoms with van der Waals surface area (Å²) in [6.07, 6.45) is 5.42. The molecule has 1 aromatic carbocycles. The zero-order valence-corrected chi connectivity index (χ0v) is 18.2. The summed E-state index contributed by atoms with van der Waals surface area (Å²) in [5, 5.41) is 11.3. The number of aliphatic hydroxyl groups excluding tert-OH is 1. The van der Waals surface area contributed by atoms with Crippen molar-refractivity contribution in [3.63, 3.8) is 0 Å². The van der Waals surface area contributed by atoms with Crippen LogP contribution in [0.25, 0.3) is 5.76 Å². The Kier molecular flexibility index (Phi) is 5.81. The van der Waals surface area contributed by atoms with Gasteiger partial charge in [0.05, 0.1) is 18.4 Å². The molecular formula is C25H28N2O4. The molecule has 1 saturated heterocycles. The molecule has 2 aliphatic rings. The van der Waals surface area contributed by atoms with Gasteiger partial charge in [-0.2, -0.15) is 0 Å². The number of hydrogen-bond acceptors (Lipinski definition) is 5. The summed E-state index contributed by atoms with van der Waals surface area (Å²) in [6, 6.07) is 10.1. The van der Waals surface area contributed by atoms with Gasteiger partial charge < -0.3 is 14.7 Å². The Balaban J connectivity index is 1.88. The number of Topliss-reactive ketones (excluding diaryl/α,β-unsaturated/α-hetero) is 1. The molecule has 1 unspecified atom stereocenters. The van der Waals surface area contributed by atoms with Crippen molar-refractivity contribution in [2.45, 2.75) is 57.5 Å². The van der Waals surface area contributed by atoms with Gasteiger partial charge in [-0.05, 0) is 54.7 Å². The highest BCUT2D eigenvalue weighted by atomic mass is 16.5. The van der Waals surface area contributed by atoms with Crippen molar-refractivity contribution in [1.29, 1.82) is 0 Å². The van der Waals surface area contributed by atoms with Crippen molar-refractivity contribution in [3.05, 3.63) is 65.0 Å². The van der Waals surface area contributed by atoms with Crippen molar-refractivity contribution in [1.82, 2.24) is 9.88 Å². The molecule has 6 heteroatoms. The number of likely N-dealkylation sites (tertiary alicyclic amines) is 1. The number of rotatable bonds is 5. The molecule has 1 aliphatic heterocycles. The van der Waals surface area contributed by atoms with Crippen LogP contribution in [-0.2, 0) is 9.59 Å². The topological polar surface area (TPSA) is 79.7 Å². The van der Waals surface area contributed by atoms with E-state index in [1.165, 1.54) is 0 Å². The standard InChI is InChI=1S/C25H28N2O4/c1-15(2)18-14-16(11-12-20(18)31-3)23(28)21-22(19-10-6-7-13-26-19)27(25(30)24(21)29)17-8-4-5-9-17/h6-7,10-15,17,22,28H,4-5,8-9H2,1-3H3/b23-21-. The van der Waals surface area contributed by atoms with Gasteiger partial charge in [-0.25, -0.2) is 0 Å². The average molecular weight is 421 g/mol. The summed E-state index contributed by atoms with van der Waals surface area (Å²) in [4.78, 5) is 32.3. The molecule has 2 fully saturated rings. The van der Waals surface area contributed by atoms with E-state index in [2.05, 4.69) is 4.98 Å². The van der Waals surface area contributed by atoms with Crippen LogP contribution in [0, 0.1) is 0 Å². The molecule has 6 nitrogen and oxygen atoms in total. The van der Waals surface area contributed by atoms with Crippen LogP contribution in [0.3, 0.4) is 0 Å². The fourth-order valence-electron chi connectivity index (χ4n) is 4.73. The minimum Gasteiger partial charge on any atom is -0.507 e. The number of carbonyl (C=O) groups excluding carboxylic acids is 2. The van der Waals surface area contributed by atoms with E-state index >= 15 is 0 Å². The molecule has 1 saturated carbocycles. The molecule has 0 bridgehead atoms. The van der Waals surface area contributed by atoms with Gasteiger partial charge in [0.1, 0.15) is 17.6 Å². The second-order valence-corrected chi connectivity index (χ2v) is 8.51. The quantitative estimate of drug-likeness (QED) is 0.435. The first-order valence-electron chi connectivity index (χ1n) is 10.8. The molecule has 162 valence electrons. The number of carbonyl (C=O) groups is 2. The summed E-state index contributed by atoms with van der Waals surface area (Å²) < 4.78 is 5.44. The Labute approximate surface area is 182 Å². The minimum atomic E-state index is -0.686. The summed E-state index contributed by atoms with van der Waals surface area (Å²) in [6.45, 7) is 4.07. The Bertz CT molecular complexity index is 1020. The van der Waals surface area contributed by atoms with Crippen LogP contribution < -0.4 is 4.74 Å². The van der Waals surface area contributed by atoms with Crippen molar-refractivity contribution in [2.75, 3.05) is 7.11 Å². The number of amides is 1. The van der Waals surface area contributed by atoms with Crippen LogP contribution >= 0.6 is 0 Å². The second-order valence-electron chi connectivity index (χ2n) is 8.51. The summed E-state index contributed by atoms with van der Waals surface area (Å²) in [7, 11) is 1.61. The first-order valence-corrected chi connectivity index (χ1v) is 10.8. The van der Waals surface area contributed by atoms with Gasteiger partial charge in [-0.1, -0.05) is 32.8 Å². The largest absolute Gasteiger partial charge is 0.507 e. The average Bonchev–Trinajstić information content (AvgIpc) is 3.40. The Morgan fingerprint density at radius 3 is 2.52 bits per heavy atom. The van der Waals surface area contributed by atoms with Crippen molar-refractivity contribution < 1.29 is 19.4 Å². The normalized spacial score (nSPS) is 21.3. The number of ether oxygens (including phenoxy) is 1. The number of ketones is 1. The van der Waals surface area contributed by atoms with Gasteiger partial charge >= 0.3 is 0 Å². The van der Waals surface area contributed by atoms with Gasteiger partial charge in [-0.15, -0.1) is 0 Å². The SMILES string of the molecule is COc1ccc(/C(O)=C2/C(=O)C(=O)N(C3CCCC3)C2c2ccccn2)cc1C(C)C. The second kappa shape index (κ2) is 8.53. The Morgan fingerprint density at radius 2 is 1.90 bits per heavy atom. The molecule has 0 spiro atoms. The van der Waals surface area contributed by atoms with Gasteiger partial charge in [0.2, 0.25) is 0 Å². The summed E-state index contributed by atoms with van der Waals surface area (Å²) in [5.74, 6) is -0.489. The molecule has 1 N–H and O–H groups in total. The van der Waals surface area contributed by atoms with E-state index in [-0.39, 0.29) is 23.3 Å². The first kappa shape index (κ1) is 21.1. The third-order valence-corrected chi connectivity index (χ3v) is 6.29. The summed E-state index contributed by atoms with van der Waals surface area (Å²) >= 11 is 0.